The van der Waals surface area contributed by atoms with Gasteiger partial charge in [0.25, 0.3) is 15.9 Å². The zero-order valence-corrected chi connectivity index (χ0v) is 25.7. The number of sulfonamides is 1. The van der Waals surface area contributed by atoms with Gasteiger partial charge < -0.3 is 24.4 Å². The Morgan fingerprint density at radius 3 is 2.32 bits per heavy atom. The van der Waals surface area contributed by atoms with Crippen LogP contribution in [0, 0.1) is 6.92 Å². The Balaban J connectivity index is 1.42. The minimum atomic E-state index is -4.27. The molecule has 4 aromatic carbocycles. The van der Waals surface area contributed by atoms with E-state index in [1.54, 1.807) is 91.7 Å². The minimum absolute atomic E-state index is 0.0687. The number of anilines is 3. The summed E-state index contributed by atoms with van der Waals surface area (Å²) in [7, 11) is 0.165. The number of hydrogen-bond acceptors (Lipinski definition) is 7. The van der Waals surface area contributed by atoms with E-state index in [1.165, 1.54) is 20.3 Å². The number of hydrogen-bond donors (Lipinski definition) is 1. The summed E-state index contributed by atoms with van der Waals surface area (Å²) in [6, 6.07) is 23.5. The molecule has 228 valence electrons. The molecular weight excluding hydrogens is 582 g/mol. The number of nitrogens with one attached hydrogen (secondary N) is 1. The molecule has 1 aliphatic heterocycles. The second kappa shape index (κ2) is 12.7. The lowest BCUT2D eigenvalue weighted by Crippen LogP contribution is -2.38. The van der Waals surface area contributed by atoms with Crippen LogP contribution in [0.25, 0.3) is 0 Å². The number of methoxy groups -OCH3 is 3. The van der Waals surface area contributed by atoms with E-state index >= 15 is 0 Å². The predicted octanol–water partition coefficient (Wildman–Crippen LogP) is 5.06. The molecule has 1 aliphatic rings. The first-order chi connectivity index (χ1) is 21.1. The minimum Gasteiger partial charge on any atom is -0.497 e. The number of nitrogens with zero attached hydrogens (tertiary/aromatic N) is 2. The van der Waals surface area contributed by atoms with Gasteiger partial charge in [-0.1, -0.05) is 18.2 Å². The fourth-order valence-electron chi connectivity index (χ4n) is 5.07. The number of carbonyl (C=O) groups is 2. The van der Waals surface area contributed by atoms with Gasteiger partial charge >= 0.3 is 0 Å². The summed E-state index contributed by atoms with van der Waals surface area (Å²) in [6.45, 7) is 1.74. The van der Waals surface area contributed by atoms with Gasteiger partial charge in [-0.05, 0) is 85.1 Å². The molecule has 11 heteroatoms. The van der Waals surface area contributed by atoms with Crippen molar-refractivity contribution in [3.05, 3.63) is 102 Å². The number of carbonyl (C=O) groups excluding carboxylic acids is 2. The van der Waals surface area contributed by atoms with Crippen LogP contribution in [0.2, 0.25) is 0 Å². The van der Waals surface area contributed by atoms with E-state index in [0.717, 1.165) is 9.87 Å². The van der Waals surface area contributed by atoms with Crippen molar-refractivity contribution in [2.75, 3.05) is 48.9 Å². The van der Waals surface area contributed by atoms with Crippen molar-refractivity contribution in [1.29, 1.82) is 0 Å². The molecule has 0 unspecified atom stereocenters. The molecule has 0 radical (unpaired) electrons. The Bertz CT molecular complexity index is 1810. The highest BCUT2D eigenvalue weighted by Crippen LogP contribution is 2.34. The van der Waals surface area contributed by atoms with E-state index in [1.807, 2.05) is 6.07 Å². The van der Waals surface area contributed by atoms with Crippen LogP contribution in [0.5, 0.6) is 17.2 Å². The molecule has 0 fully saturated rings. The average molecular weight is 616 g/mol. The molecule has 0 aliphatic carbocycles. The zero-order valence-electron chi connectivity index (χ0n) is 24.9. The molecule has 0 saturated heterocycles. The van der Waals surface area contributed by atoms with Crippen molar-refractivity contribution in [1.82, 2.24) is 0 Å². The third kappa shape index (κ3) is 6.18. The second-order valence-corrected chi connectivity index (χ2v) is 12.0. The smallest absolute Gasteiger partial charge is 0.268 e. The second-order valence-electron chi connectivity index (χ2n) is 10.2. The van der Waals surface area contributed by atoms with Crippen LogP contribution < -0.4 is 28.7 Å². The fraction of sp³-hybridized carbons (Fsp3) is 0.212. The largest absolute Gasteiger partial charge is 0.497 e. The van der Waals surface area contributed by atoms with E-state index in [0.29, 0.717) is 47.0 Å². The van der Waals surface area contributed by atoms with Crippen molar-refractivity contribution >= 4 is 38.9 Å². The van der Waals surface area contributed by atoms with Crippen LogP contribution >= 0.6 is 0 Å². The van der Waals surface area contributed by atoms with Crippen LogP contribution in [0.15, 0.2) is 89.8 Å². The van der Waals surface area contributed by atoms with Crippen LogP contribution in [0.1, 0.15) is 21.5 Å². The SMILES string of the molecule is COc1ccc(C(=O)N2CCc3ccc(NC(=O)CN(c4cccc(OC)c4)S(=O)(=O)c4cc(C)ccc4OC)cc32)cc1. The summed E-state index contributed by atoms with van der Waals surface area (Å²) in [4.78, 5) is 28.4. The first kappa shape index (κ1) is 30.4. The third-order valence-electron chi connectivity index (χ3n) is 7.36. The van der Waals surface area contributed by atoms with Crippen molar-refractivity contribution < 1.29 is 32.2 Å². The van der Waals surface area contributed by atoms with Gasteiger partial charge in [0.05, 0.1) is 27.0 Å². The monoisotopic (exact) mass is 615 g/mol. The lowest BCUT2D eigenvalue weighted by atomic mass is 10.1. The first-order valence-electron chi connectivity index (χ1n) is 13.8. The van der Waals surface area contributed by atoms with E-state index in [-0.39, 0.29) is 22.2 Å². The maximum absolute atomic E-state index is 14.1. The Hall–Kier alpha value is -5.03. The molecule has 1 heterocycles. The van der Waals surface area contributed by atoms with Crippen molar-refractivity contribution in [3.63, 3.8) is 0 Å². The summed E-state index contributed by atoms with van der Waals surface area (Å²) in [6.07, 6.45) is 0.672. The highest BCUT2D eigenvalue weighted by Gasteiger charge is 2.31. The van der Waals surface area contributed by atoms with E-state index in [4.69, 9.17) is 14.2 Å². The number of rotatable bonds is 10. The lowest BCUT2D eigenvalue weighted by Gasteiger charge is -2.25. The standard InChI is InChI=1S/C33H33N3O7S/c1-22-8-15-30(43-4)31(18-22)44(39,40)36(26-6-5-7-28(20-26)42-3)21-32(37)34-25-12-9-23-16-17-35(29(23)19-25)33(38)24-10-13-27(41-2)14-11-24/h5-15,18-20H,16-17,21H2,1-4H3,(H,34,37). The normalized spacial score (nSPS) is 12.3. The van der Waals surface area contributed by atoms with Crippen LogP contribution in [0.3, 0.4) is 0 Å². The van der Waals surface area contributed by atoms with Crippen LogP contribution in [0.4, 0.5) is 17.1 Å². The molecule has 0 aromatic heterocycles. The Kier molecular flexibility index (Phi) is 8.77. The summed E-state index contributed by atoms with van der Waals surface area (Å²) < 4.78 is 45.0. The number of fused-ring (bicyclic) bond motifs is 1. The van der Waals surface area contributed by atoms with Crippen LogP contribution in [-0.2, 0) is 21.2 Å². The molecular formula is C33H33N3O7S. The van der Waals surface area contributed by atoms with Gasteiger partial charge in [-0.2, -0.15) is 0 Å². The van der Waals surface area contributed by atoms with Crippen molar-refractivity contribution in [2.45, 2.75) is 18.2 Å². The molecule has 4 aromatic rings. The van der Waals surface area contributed by atoms with Crippen molar-refractivity contribution in [2.24, 2.45) is 0 Å². The Morgan fingerprint density at radius 2 is 1.61 bits per heavy atom. The third-order valence-corrected chi connectivity index (χ3v) is 9.16. The summed E-state index contributed by atoms with van der Waals surface area (Å²) in [5.74, 6) is 0.495. The maximum atomic E-state index is 14.1. The fourth-order valence-corrected chi connectivity index (χ4v) is 6.73. The average Bonchev–Trinajstić information content (AvgIpc) is 3.46. The molecule has 0 saturated carbocycles. The summed E-state index contributed by atoms with van der Waals surface area (Å²) >= 11 is 0. The maximum Gasteiger partial charge on any atom is 0.268 e. The zero-order chi connectivity index (χ0) is 31.4. The van der Waals surface area contributed by atoms with Gasteiger partial charge in [0, 0.05) is 29.5 Å². The van der Waals surface area contributed by atoms with E-state index in [2.05, 4.69) is 5.32 Å². The first-order valence-corrected chi connectivity index (χ1v) is 15.3. The van der Waals surface area contributed by atoms with Gasteiger partial charge in [-0.25, -0.2) is 8.42 Å². The molecule has 0 spiro atoms. The highest BCUT2D eigenvalue weighted by molar-refractivity contribution is 7.93. The Morgan fingerprint density at radius 1 is 0.864 bits per heavy atom. The quantitative estimate of drug-likeness (QED) is 0.265. The lowest BCUT2D eigenvalue weighted by molar-refractivity contribution is -0.114. The van der Waals surface area contributed by atoms with Gasteiger partial charge in [0.1, 0.15) is 28.7 Å². The van der Waals surface area contributed by atoms with Gasteiger partial charge in [0.15, 0.2) is 0 Å². The number of benzene rings is 4. The molecule has 44 heavy (non-hydrogen) atoms. The van der Waals surface area contributed by atoms with Gasteiger partial charge in [-0.3, -0.25) is 13.9 Å². The topological polar surface area (TPSA) is 114 Å². The molecule has 10 nitrogen and oxygen atoms in total. The van der Waals surface area contributed by atoms with E-state index < -0.39 is 22.5 Å². The Labute approximate surface area is 256 Å². The van der Waals surface area contributed by atoms with Crippen molar-refractivity contribution in [3.8, 4) is 17.2 Å². The number of ether oxygens (including phenoxy) is 3. The number of amides is 2. The summed E-state index contributed by atoms with van der Waals surface area (Å²) in [5.41, 5.74) is 3.56. The predicted molar refractivity (Wildman–Crippen MR) is 169 cm³/mol. The van der Waals surface area contributed by atoms with Gasteiger partial charge in [0.2, 0.25) is 5.91 Å². The van der Waals surface area contributed by atoms with Crippen LogP contribution in [-0.4, -0.2) is 54.7 Å². The molecule has 5 rings (SSSR count). The summed E-state index contributed by atoms with van der Waals surface area (Å²) in [5, 5.41) is 2.82. The number of aryl methyl sites for hydroxylation is 1. The molecule has 0 bridgehead atoms. The molecule has 0 atom stereocenters. The van der Waals surface area contributed by atoms with Gasteiger partial charge in [-0.15, -0.1) is 0 Å². The highest BCUT2D eigenvalue weighted by atomic mass is 32.2. The van der Waals surface area contributed by atoms with E-state index in [9.17, 15) is 18.0 Å². The molecule has 1 N–H and O–H groups in total. The molecule has 2 amide bonds.